The minimum Gasteiger partial charge on any atom is -0.456 e. The summed E-state index contributed by atoms with van der Waals surface area (Å²) in [5.74, 6) is 0. The topological polar surface area (TPSA) is 26.0 Å². The Labute approximate surface area is 268 Å². The Morgan fingerprint density at radius 1 is 0.413 bits per heavy atom. The van der Waals surface area contributed by atoms with E-state index < -0.39 is 0 Å². The van der Waals surface area contributed by atoms with Crippen molar-refractivity contribution in [2.45, 2.75) is 0 Å². The van der Waals surface area contributed by atoms with Crippen LogP contribution in [0, 0.1) is 0 Å². The molecule has 10 rings (SSSR count). The van der Waals surface area contributed by atoms with Gasteiger partial charge in [-0.25, -0.2) is 4.98 Å². The molecular weight excluding hydrogens is 579 g/mol. The lowest BCUT2D eigenvalue weighted by atomic mass is 9.89. The van der Waals surface area contributed by atoms with Crippen molar-refractivity contribution in [2.24, 2.45) is 0 Å². The summed E-state index contributed by atoms with van der Waals surface area (Å²) in [7, 11) is 0. The molecular formula is C43H25NOS. The van der Waals surface area contributed by atoms with Crippen LogP contribution < -0.4 is 0 Å². The number of pyridine rings is 1. The van der Waals surface area contributed by atoms with Crippen LogP contribution in [0.25, 0.3) is 97.3 Å². The molecule has 0 amide bonds. The third-order valence-corrected chi connectivity index (χ3v) is 10.4. The van der Waals surface area contributed by atoms with E-state index >= 15 is 0 Å². The zero-order chi connectivity index (χ0) is 30.2. The second-order valence-corrected chi connectivity index (χ2v) is 13.0. The van der Waals surface area contributed by atoms with Crippen LogP contribution in [0.15, 0.2) is 156 Å². The van der Waals surface area contributed by atoms with Gasteiger partial charge in [0.05, 0.1) is 11.2 Å². The van der Waals surface area contributed by atoms with Crippen molar-refractivity contribution >= 4 is 75.1 Å². The van der Waals surface area contributed by atoms with E-state index in [4.69, 9.17) is 9.40 Å². The largest absolute Gasteiger partial charge is 0.456 e. The summed E-state index contributed by atoms with van der Waals surface area (Å²) in [6.45, 7) is 0. The van der Waals surface area contributed by atoms with E-state index in [1.165, 1.54) is 42.2 Å². The molecule has 46 heavy (non-hydrogen) atoms. The second-order valence-electron chi connectivity index (χ2n) is 11.9. The zero-order valence-electron chi connectivity index (χ0n) is 24.7. The van der Waals surface area contributed by atoms with Crippen molar-refractivity contribution in [1.29, 1.82) is 0 Å². The summed E-state index contributed by atoms with van der Waals surface area (Å²) >= 11 is 1.85. The van der Waals surface area contributed by atoms with E-state index in [1.807, 2.05) is 17.4 Å². The van der Waals surface area contributed by atoms with Crippen LogP contribution in [-0.2, 0) is 0 Å². The van der Waals surface area contributed by atoms with Gasteiger partial charge in [0, 0.05) is 58.2 Å². The molecule has 0 aliphatic rings. The molecule has 0 bridgehead atoms. The van der Waals surface area contributed by atoms with Gasteiger partial charge in [-0.05, 0) is 53.1 Å². The van der Waals surface area contributed by atoms with E-state index in [9.17, 15) is 0 Å². The molecule has 3 aromatic heterocycles. The number of nitrogens with zero attached hydrogens (tertiary/aromatic N) is 1. The number of thiophene rings is 1. The Kier molecular flexibility index (Phi) is 5.48. The van der Waals surface area contributed by atoms with Gasteiger partial charge in [-0.1, -0.05) is 115 Å². The molecule has 7 aromatic carbocycles. The third kappa shape index (κ3) is 3.79. The standard InChI is InChI=1S/C43H25NOS/c1-2-11-26(12-3-1)40-41-32-16-4-7-18-35(32)44-43(34(41)25-37-42(40)33-17-5-8-19-36(33)45-37)29-14-10-13-27(23-29)28-21-22-31-30-15-6-9-20-38(30)46-39(31)24-28/h1-25H. The SMILES string of the molecule is c1ccc(-c2c3c(cc4c(-c5cccc(-c6ccc7c(c6)sc6ccccc67)c5)nc5ccccc5c24)oc2ccccc23)cc1. The Morgan fingerprint density at radius 2 is 1.11 bits per heavy atom. The number of fused-ring (bicyclic) bond motifs is 9. The molecule has 3 heteroatoms. The van der Waals surface area contributed by atoms with Crippen molar-refractivity contribution in [3.63, 3.8) is 0 Å². The minimum absolute atomic E-state index is 0.872. The summed E-state index contributed by atoms with van der Waals surface area (Å²) in [5, 5.41) is 8.32. The van der Waals surface area contributed by atoms with Gasteiger partial charge in [-0.3, -0.25) is 0 Å². The average molecular weight is 604 g/mol. The summed E-state index contributed by atoms with van der Waals surface area (Å²) < 4.78 is 9.18. The normalized spacial score (nSPS) is 11.9. The number of hydrogen-bond acceptors (Lipinski definition) is 3. The molecule has 0 radical (unpaired) electrons. The first kappa shape index (κ1) is 25.5. The zero-order valence-corrected chi connectivity index (χ0v) is 25.5. The summed E-state index contributed by atoms with van der Waals surface area (Å²) in [5.41, 5.74) is 9.51. The number of hydrogen-bond donors (Lipinski definition) is 0. The third-order valence-electron chi connectivity index (χ3n) is 9.24. The van der Waals surface area contributed by atoms with Crippen molar-refractivity contribution in [3.05, 3.63) is 152 Å². The van der Waals surface area contributed by atoms with Crippen LogP contribution in [0.4, 0.5) is 0 Å². The van der Waals surface area contributed by atoms with Gasteiger partial charge in [0.2, 0.25) is 0 Å². The predicted molar refractivity (Wildman–Crippen MR) is 196 cm³/mol. The molecule has 2 nitrogen and oxygen atoms in total. The number of rotatable bonds is 3. The summed E-state index contributed by atoms with van der Waals surface area (Å²) in [6.07, 6.45) is 0. The molecule has 0 saturated heterocycles. The Hall–Kier alpha value is -5.77. The van der Waals surface area contributed by atoms with Gasteiger partial charge in [-0.2, -0.15) is 0 Å². The fourth-order valence-electron chi connectivity index (χ4n) is 7.18. The minimum atomic E-state index is 0.872. The van der Waals surface area contributed by atoms with Gasteiger partial charge >= 0.3 is 0 Å². The maximum absolute atomic E-state index is 6.56. The molecule has 0 aliphatic carbocycles. The molecule has 10 aromatic rings. The predicted octanol–water partition coefficient (Wildman–Crippen LogP) is 12.7. The Morgan fingerprint density at radius 3 is 2.02 bits per heavy atom. The lowest BCUT2D eigenvalue weighted by molar-refractivity contribution is 0.669. The molecule has 3 heterocycles. The lowest BCUT2D eigenvalue weighted by Crippen LogP contribution is -1.93. The van der Waals surface area contributed by atoms with Gasteiger partial charge in [0.1, 0.15) is 11.2 Å². The Bertz CT molecular complexity index is 2810. The van der Waals surface area contributed by atoms with E-state index in [0.29, 0.717) is 0 Å². The van der Waals surface area contributed by atoms with Crippen LogP contribution in [0.5, 0.6) is 0 Å². The first-order chi connectivity index (χ1) is 22.8. The smallest absolute Gasteiger partial charge is 0.136 e. The fourth-order valence-corrected chi connectivity index (χ4v) is 8.33. The van der Waals surface area contributed by atoms with Gasteiger partial charge in [0.25, 0.3) is 0 Å². The van der Waals surface area contributed by atoms with Crippen molar-refractivity contribution in [2.75, 3.05) is 0 Å². The molecule has 0 saturated carbocycles. The van der Waals surface area contributed by atoms with Crippen molar-refractivity contribution < 1.29 is 4.42 Å². The highest BCUT2D eigenvalue weighted by Crippen LogP contribution is 2.46. The quantitative estimate of drug-likeness (QED) is 0.188. The number of benzene rings is 7. The second kappa shape index (κ2) is 9.87. The molecule has 0 fully saturated rings. The van der Waals surface area contributed by atoms with Crippen LogP contribution >= 0.6 is 11.3 Å². The summed E-state index contributed by atoms with van der Waals surface area (Å²) in [4.78, 5) is 5.34. The first-order valence-electron chi connectivity index (χ1n) is 15.5. The van der Waals surface area contributed by atoms with Crippen molar-refractivity contribution in [1.82, 2.24) is 4.98 Å². The molecule has 0 N–H and O–H groups in total. The molecule has 0 unspecified atom stereocenters. The highest BCUT2D eigenvalue weighted by Gasteiger charge is 2.21. The van der Waals surface area contributed by atoms with E-state index in [1.54, 1.807) is 0 Å². The van der Waals surface area contributed by atoms with Crippen molar-refractivity contribution in [3.8, 4) is 33.5 Å². The molecule has 0 atom stereocenters. The van der Waals surface area contributed by atoms with Crippen LogP contribution in [-0.4, -0.2) is 4.98 Å². The maximum Gasteiger partial charge on any atom is 0.136 e. The van der Waals surface area contributed by atoms with Gasteiger partial charge in [-0.15, -0.1) is 11.3 Å². The van der Waals surface area contributed by atoms with E-state index in [0.717, 1.165) is 55.0 Å². The van der Waals surface area contributed by atoms with Crippen LogP contribution in [0.2, 0.25) is 0 Å². The average Bonchev–Trinajstić information content (AvgIpc) is 3.68. The van der Waals surface area contributed by atoms with E-state index in [-0.39, 0.29) is 0 Å². The van der Waals surface area contributed by atoms with Gasteiger partial charge in [0.15, 0.2) is 0 Å². The number of para-hydroxylation sites is 2. The fraction of sp³-hybridized carbons (Fsp3) is 0. The Balaban J connectivity index is 1.28. The van der Waals surface area contributed by atoms with Crippen LogP contribution in [0.1, 0.15) is 0 Å². The highest BCUT2D eigenvalue weighted by atomic mass is 32.1. The summed E-state index contributed by atoms with van der Waals surface area (Å²) in [6, 6.07) is 54.1. The number of aromatic nitrogens is 1. The highest BCUT2D eigenvalue weighted by molar-refractivity contribution is 7.25. The van der Waals surface area contributed by atoms with E-state index in [2.05, 4.69) is 146 Å². The number of furan rings is 1. The lowest BCUT2D eigenvalue weighted by Gasteiger charge is -2.16. The monoisotopic (exact) mass is 603 g/mol. The van der Waals surface area contributed by atoms with Gasteiger partial charge < -0.3 is 4.42 Å². The molecule has 0 spiro atoms. The van der Waals surface area contributed by atoms with Crippen LogP contribution in [0.3, 0.4) is 0 Å². The maximum atomic E-state index is 6.56. The molecule has 214 valence electrons. The first-order valence-corrected chi connectivity index (χ1v) is 16.4. The molecule has 0 aliphatic heterocycles.